The minimum Gasteiger partial charge on any atom is -0.274 e. The van der Waals surface area contributed by atoms with Crippen LogP contribution in [-0.4, -0.2) is 11.8 Å². The van der Waals surface area contributed by atoms with E-state index < -0.39 is 0 Å². The molecule has 4 rings (SSSR count). The first kappa shape index (κ1) is 12.8. The van der Waals surface area contributed by atoms with E-state index in [9.17, 15) is 14.9 Å². The fourth-order valence-electron chi connectivity index (χ4n) is 4.00. The lowest BCUT2D eigenvalue weighted by Crippen LogP contribution is -2.32. The molecule has 1 saturated carbocycles. The second kappa shape index (κ2) is 4.05. The van der Waals surface area contributed by atoms with Gasteiger partial charge < -0.3 is 0 Å². The number of imide groups is 1. The van der Waals surface area contributed by atoms with E-state index in [0.29, 0.717) is 10.6 Å². The van der Waals surface area contributed by atoms with Gasteiger partial charge in [-0.15, -0.1) is 11.3 Å². The lowest BCUT2D eigenvalue weighted by atomic mass is 9.85. The number of carbonyl (C=O) groups is 2. The molecule has 2 bridgehead atoms. The van der Waals surface area contributed by atoms with Crippen molar-refractivity contribution in [2.45, 2.75) is 20.3 Å². The summed E-state index contributed by atoms with van der Waals surface area (Å²) < 4.78 is 0. The third-order valence-corrected chi connectivity index (χ3v) is 6.34. The molecule has 0 aromatic carbocycles. The van der Waals surface area contributed by atoms with Crippen LogP contribution in [0.3, 0.4) is 0 Å². The molecule has 1 aromatic rings. The van der Waals surface area contributed by atoms with Gasteiger partial charge in [0.2, 0.25) is 11.8 Å². The van der Waals surface area contributed by atoms with Gasteiger partial charge in [0.25, 0.3) is 0 Å². The van der Waals surface area contributed by atoms with E-state index >= 15 is 0 Å². The fourth-order valence-corrected chi connectivity index (χ4v) is 5.12. The van der Waals surface area contributed by atoms with E-state index in [-0.39, 0.29) is 35.5 Å². The zero-order chi connectivity index (χ0) is 14.9. The first-order valence-electron chi connectivity index (χ1n) is 7.10. The molecule has 1 aromatic heterocycles. The number of carbonyl (C=O) groups excluding carboxylic acids is 2. The number of nitriles is 1. The summed E-state index contributed by atoms with van der Waals surface area (Å²) in [6.45, 7) is 3.78. The van der Waals surface area contributed by atoms with Crippen LogP contribution in [0.15, 0.2) is 12.2 Å². The van der Waals surface area contributed by atoms with Gasteiger partial charge >= 0.3 is 0 Å². The minimum absolute atomic E-state index is 0.111. The van der Waals surface area contributed by atoms with Crippen molar-refractivity contribution in [3.63, 3.8) is 0 Å². The Kier molecular flexibility index (Phi) is 2.46. The SMILES string of the molecule is Cc1sc(N2C(=O)[C@@H]3[C@H](C2=O)[C@H]2C=C[C@H]3C2)c(C#N)c1C. The first-order chi connectivity index (χ1) is 10.0. The van der Waals surface area contributed by atoms with Crippen LogP contribution in [0.4, 0.5) is 5.00 Å². The van der Waals surface area contributed by atoms with Crippen LogP contribution in [0.5, 0.6) is 0 Å². The van der Waals surface area contributed by atoms with Gasteiger partial charge in [0.15, 0.2) is 0 Å². The molecule has 2 fully saturated rings. The third-order valence-electron chi connectivity index (χ3n) is 5.15. The summed E-state index contributed by atoms with van der Waals surface area (Å²) in [6, 6.07) is 2.16. The Morgan fingerprint density at radius 2 is 1.76 bits per heavy atom. The number of nitrogens with zero attached hydrogens (tertiary/aromatic N) is 2. The predicted octanol–water partition coefficient (Wildman–Crippen LogP) is 2.55. The summed E-state index contributed by atoms with van der Waals surface area (Å²) in [6.07, 6.45) is 5.08. The zero-order valence-corrected chi connectivity index (χ0v) is 12.6. The van der Waals surface area contributed by atoms with Gasteiger partial charge in [-0.1, -0.05) is 12.2 Å². The molecule has 1 aliphatic heterocycles. The number of fused-ring (bicyclic) bond motifs is 5. The number of thiophene rings is 1. The van der Waals surface area contributed by atoms with Crippen LogP contribution in [0.25, 0.3) is 0 Å². The summed E-state index contributed by atoms with van der Waals surface area (Å²) in [7, 11) is 0. The highest BCUT2D eigenvalue weighted by molar-refractivity contribution is 7.17. The second-order valence-electron chi connectivity index (χ2n) is 6.09. The summed E-state index contributed by atoms with van der Waals surface area (Å²) in [5.41, 5.74) is 1.34. The first-order valence-corrected chi connectivity index (χ1v) is 7.92. The maximum atomic E-state index is 12.7. The van der Waals surface area contributed by atoms with E-state index in [1.165, 1.54) is 16.2 Å². The number of aryl methyl sites for hydroxylation is 1. The summed E-state index contributed by atoms with van der Waals surface area (Å²) in [4.78, 5) is 27.8. The van der Waals surface area contributed by atoms with Gasteiger partial charge in [0, 0.05) is 4.88 Å². The van der Waals surface area contributed by atoms with Gasteiger partial charge in [-0.25, -0.2) is 4.90 Å². The average molecular weight is 298 g/mol. The molecule has 3 aliphatic rings. The molecule has 4 atom stereocenters. The Bertz CT molecular complexity index is 725. The molecule has 106 valence electrons. The molecular weight excluding hydrogens is 284 g/mol. The van der Waals surface area contributed by atoms with Crippen LogP contribution in [0.1, 0.15) is 22.4 Å². The Balaban J connectivity index is 1.82. The highest BCUT2D eigenvalue weighted by atomic mass is 32.1. The number of rotatable bonds is 1. The fraction of sp³-hybridized carbons (Fsp3) is 0.438. The lowest BCUT2D eigenvalue weighted by Gasteiger charge is -2.15. The maximum absolute atomic E-state index is 12.7. The number of amides is 2. The van der Waals surface area contributed by atoms with E-state index in [4.69, 9.17) is 0 Å². The smallest absolute Gasteiger partial charge is 0.238 e. The summed E-state index contributed by atoms with van der Waals surface area (Å²) >= 11 is 1.37. The van der Waals surface area contributed by atoms with Crippen LogP contribution in [0, 0.1) is 48.9 Å². The van der Waals surface area contributed by atoms with Gasteiger partial charge in [0.05, 0.1) is 17.4 Å². The lowest BCUT2D eigenvalue weighted by molar-refractivity contribution is -0.123. The molecule has 4 nitrogen and oxygen atoms in total. The monoisotopic (exact) mass is 298 g/mol. The molecule has 0 radical (unpaired) electrons. The van der Waals surface area contributed by atoms with Gasteiger partial charge in [-0.3, -0.25) is 9.59 Å². The van der Waals surface area contributed by atoms with Gasteiger partial charge in [0.1, 0.15) is 11.1 Å². The number of anilines is 1. The average Bonchev–Trinajstić information content (AvgIpc) is 3.17. The van der Waals surface area contributed by atoms with E-state index in [2.05, 4.69) is 18.2 Å². The Labute approximate surface area is 126 Å². The standard InChI is InChI=1S/C16H14N2O2S/c1-7-8(2)21-16(11(7)6-17)18-14(19)12-9-3-4-10(5-9)13(12)15(18)20/h3-4,9-10,12-13H,5H2,1-2H3/t9-,10-,12-,13+/m0/s1. The van der Waals surface area contributed by atoms with Crippen molar-refractivity contribution in [1.29, 1.82) is 5.26 Å². The van der Waals surface area contributed by atoms with Crippen molar-refractivity contribution >= 4 is 28.2 Å². The molecule has 2 heterocycles. The highest BCUT2D eigenvalue weighted by Gasteiger charge is 2.60. The van der Waals surface area contributed by atoms with Crippen molar-refractivity contribution in [3.8, 4) is 6.07 Å². The molecule has 0 spiro atoms. The van der Waals surface area contributed by atoms with Crippen molar-refractivity contribution in [2.75, 3.05) is 4.90 Å². The summed E-state index contributed by atoms with van der Waals surface area (Å²) in [5.74, 6) is -0.231. The van der Waals surface area contributed by atoms with E-state index in [1.54, 1.807) is 0 Å². The topological polar surface area (TPSA) is 61.2 Å². The number of hydrogen-bond donors (Lipinski definition) is 0. The van der Waals surface area contributed by atoms with Crippen LogP contribution in [0.2, 0.25) is 0 Å². The normalized spacial score (nSPS) is 32.9. The quantitative estimate of drug-likeness (QED) is 0.591. The Hall–Kier alpha value is -1.93. The molecule has 1 saturated heterocycles. The minimum atomic E-state index is -0.207. The van der Waals surface area contributed by atoms with Crippen LogP contribution >= 0.6 is 11.3 Å². The van der Waals surface area contributed by atoms with Crippen molar-refractivity contribution in [2.24, 2.45) is 23.7 Å². The molecular formula is C16H14N2O2S. The van der Waals surface area contributed by atoms with E-state index in [1.807, 2.05) is 13.8 Å². The largest absolute Gasteiger partial charge is 0.274 e. The molecule has 2 amide bonds. The molecule has 0 N–H and O–H groups in total. The number of hydrogen-bond acceptors (Lipinski definition) is 4. The third kappa shape index (κ3) is 1.43. The summed E-state index contributed by atoms with van der Waals surface area (Å²) in [5, 5.41) is 9.88. The zero-order valence-electron chi connectivity index (χ0n) is 11.8. The Morgan fingerprint density at radius 1 is 1.19 bits per heavy atom. The van der Waals surface area contributed by atoms with Crippen LogP contribution in [-0.2, 0) is 9.59 Å². The van der Waals surface area contributed by atoms with Gasteiger partial charge in [-0.05, 0) is 37.7 Å². The second-order valence-corrected chi connectivity index (χ2v) is 7.29. The Morgan fingerprint density at radius 3 is 2.29 bits per heavy atom. The maximum Gasteiger partial charge on any atom is 0.238 e. The highest BCUT2D eigenvalue weighted by Crippen LogP contribution is 2.54. The van der Waals surface area contributed by atoms with Crippen molar-refractivity contribution < 1.29 is 9.59 Å². The van der Waals surface area contributed by atoms with E-state index in [0.717, 1.165) is 16.9 Å². The molecule has 5 heteroatoms. The van der Waals surface area contributed by atoms with Crippen molar-refractivity contribution in [1.82, 2.24) is 0 Å². The van der Waals surface area contributed by atoms with Gasteiger partial charge in [-0.2, -0.15) is 5.26 Å². The number of allylic oxidation sites excluding steroid dienone is 2. The predicted molar refractivity (Wildman–Crippen MR) is 78.7 cm³/mol. The molecule has 2 aliphatic carbocycles. The molecule has 0 unspecified atom stereocenters. The van der Waals surface area contributed by atoms with Crippen molar-refractivity contribution in [3.05, 3.63) is 28.2 Å². The molecule has 21 heavy (non-hydrogen) atoms. The van der Waals surface area contributed by atoms with Crippen LogP contribution < -0.4 is 4.90 Å².